The van der Waals surface area contributed by atoms with Gasteiger partial charge in [0.2, 0.25) is 5.91 Å². The van der Waals surface area contributed by atoms with Crippen molar-refractivity contribution >= 4 is 11.7 Å². The Bertz CT molecular complexity index is 987. The Morgan fingerprint density at radius 1 is 0.848 bits per heavy atom. The van der Waals surface area contributed by atoms with E-state index in [2.05, 4.69) is 81.1 Å². The third-order valence-electron chi connectivity index (χ3n) is 6.99. The fourth-order valence-electron chi connectivity index (χ4n) is 4.85. The number of carbonyl (C=O) groups excluding carboxylic acids is 1. The summed E-state index contributed by atoms with van der Waals surface area (Å²) >= 11 is 0. The lowest BCUT2D eigenvalue weighted by molar-refractivity contribution is -0.125. The summed E-state index contributed by atoms with van der Waals surface area (Å²) in [4.78, 5) is 15.1. The zero-order chi connectivity index (χ0) is 22.5. The van der Waals surface area contributed by atoms with E-state index in [0.717, 1.165) is 43.9 Å². The van der Waals surface area contributed by atoms with Crippen LogP contribution < -0.4 is 10.2 Å². The van der Waals surface area contributed by atoms with Gasteiger partial charge in [0.25, 0.3) is 0 Å². The summed E-state index contributed by atoms with van der Waals surface area (Å²) in [5.41, 5.74) is 3.71. The highest BCUT2D eigenvalue weighted by atomic mass is 16.1. The summed E-state index contributed by atoms with van der Waals surface area (Å²) in [7, 11) is 0. The molecule has 5 rings (SSSR count). The standard InChI is InChI=1S/C28H32N4O/c33-28(24-16-19-32(20-17-24)27-14-13-26(30-31-27)23-11-12-23)29-18-15-25(21-7-3-1-4-8-21)22-9-5-2-6-10-22/h1-10,13-14,23-25H,11-12,15-20H2,(H,29,33). The average Bonchev–Trinajstić information content (AvgIpc) is 3.74. The van der Waals surface area contributed by atoms with Crippen molar-refractivity contribution in [1.82, 2.24) is 15.5 Å². The van der Waals surface area contributed by atoms with E-state index >= 15 is 0 Å². The van der Waals surface area contributed by atoms with Gasteiger partial charge in [0.1, 0.15) is 0 Å². The number of hydrogen-bond donors (Lipinski definition) is 1. The van der Waals surface area contributed by atoms with Crippen molar-refractivity contribution in [2.75, 3.05) is 24.5 Å². The van der Waals surface area contributed by atoms with Crippen LogP contribution in [0.15, 0.2) is 72.8 Å². The van der Waals surface area contributed by atoms with E-state index in [4.69, 9.17) is 0 Å². The van der Waals surface area contributed by atoms with Gasteiger partial charge in [0.15, 0.2) is 5.82 Å². The van der Waals surface area contributed by atoms with Crippen LogP contribution in [-0.4, -0.2) is 35.7 Å². The summed E-state index contributed by atoms with van der Waals surface area (Å²) in [6, 6.07) is 25.4. The van der Waals surface area contributed by atoms with Crippen molar-refractivity contribution in [3.05, 3.63) is 89.6 Å². The first-order valence-electron chi connectivity index (χ1n) is 12.2. The molecule has 1 saturated heterocycles. The van der Waals surface area contributed by atoms with Crippen LogP contribution in [0, 0.1) is 5.92 Å². The highest BCUT2D eigenvalue weighted by Gasteiger charge is 2.28. The number of anilines is 1. The zero-order valence-corrected chi connectivity index (χ0v) is 19.1. The Balaban J connectivity index is 1.12. The van der Waals surface area contributed by atoms with Crippen LogP contribution in [0.1, 0.15) is 60.8 Å². The molecule has 2 aliphatic rings. The molecule has 1 aliphatic heterocycles. The van der Waals surface area contributed by atoms with E-state index in [1.165, 1.54) is 24.0 Å². The molecule has 3 aromatic rings. The topological polar surface area (TPSA) is 58.1 Å². The van der Waals surface area contributed by atoms with Gasteiger partial charge in [-0.3, -0.25) is 4.79 Å². The maximum atomic E-state index is 12.9. The summed E-state index contributed by atoms with van der Waals surface area (Å²) in [6.45, 7) is 2.39. The molecule has 5 heteroatoms. The number of rotatable bonds is 8. The van der Waals surface area contributed by atoms with Gasteiger partial charge in [-0.2, -0.15) is 5.10 Å². The van der Waals surface area contributed by atoms with Crippen LogP contribution in [0.4, 0.5) is 5.82 Å². The summed E-state index contributed by atoms with van der Waals surface area (Å²) < 4.78 is 0. The van der Waals surface area contributed by atoms with Crippen LogP contribution >= 0.6 is 0 Å². The van der Waals surface area contributed by atoms with Crippen molar-refractivity contribution < 1.29 is 4.79 Å². The number of hydrogen-bond acceptors (Lipinski definition) is 4. The van der Waals surface area contributed by atoms with Gasteiger partial charge in [-0.25, -0.2) is 0 Å². The number of nitrogens with one attached hydrogen (secondary N) is 1. The predicted molar refractivity (Wildman–Crippen MR) is 131 cm³/mol. The molecule has 0 atom stereocenters. The van der Waals surface area contributed by atoms with Crippen molar-refractivity contribution in [2.24, 2.45) is 5.92 Å². The minimum absolute atomic E-state index is 0.0758. The molecule has 0 bridgehead atoms. The van der Waals surface area contributed by atoms with Gasteiger partial charge in [-0.15, -0.1) is 5.10 Å². The Morgan fingerprint density at radius 2 is 1.48 bits per heavy atom. The molecule has 1 amide bonds. The number of nitrogens with zero attached hydrogens (tertiary/aromatic N) is 3. The van der Waals surface area contributed by atoms with Gasteiger partial charge in [-0.05, 0) is 55.4 Å². The van der Waals surface area contributed by atoms with Crippen molar-refractivity contribution in [2.45, 2.75) is 43.9 Å². The molecule has 1 aromatic heterocycles. The van der Waals surface area contributed by atoms with E-state index in [0.29, 0.717) is 12.5 Å². The molecule has 0 spiro atoms. The molecule has 33 heavy (non-hydrogen) atoms. The maximum Gasteiger partial charge on any atom is 0.223 e. The molecule has 2 fully saturated rings. The molecule has 170 valence electrons. The number of aromatic nitrogens is 2. The third-order valence-corrected chi connectivity index (χ3v) is 6.99. The largest absolute Gasteiger partial charge is 0.356 e. The molecule has 0 unspecified atom stereocenters. The Labute approximate surface area is 196 Å². The van der Waals surface area contributed by atoms with Gasteiger partial charge in [0, 0.05) is 37.4 Å². The minimum atomic E-state index is 0.0758. The van der Waals surface area contributed by atoms with E-state index in [9.17, 15) is 4.79 Å². The number of carbonyl (C=O) groups is 1. The summed E-state index contributed by atoms with van der Waals surface area (Å²) in [6.07, 6.45) is 5.09. The van der Waals surface area contributed by atoms with Crippen LogP contribution in [0.25, 0.3) is 0 Å². The first-order valence-corrected chi connectivity index (χ1v) is 12.2. The highest BCUT2D eigenvalue weighted by Crippen LogP contribution is 2.38. The lowest BCUT2D eigenvalue weighted by Gasteiger charge is -2.32. The second kappa shape index (κ2) is 10.2. The fourth-order valence-corrected chi connectivity index (χ4v) is 4.85. The smallest absolute Gasteiger partial charge is 0.223 e. The first-order chi connectivity index (χ1) is 16.3. The van der Waals surface area contributed by atoms with Crippen molar-refractivity contribution in [3.63, 3.8) is 0 Å². The molecule has 2 heterocycles. The lowest BCUT2D eigenvalue weighted by Crippen LogP contribution is -2.41. The Morgan fingerprint density at radius 3 is 2.03 bits per heavy atom. The molecular weight excluding hydrogens is 408 g/mol. The van der Waals surface area contributed by atoms with E-state index in [-0.39, 0.29) is 17.7 Å². The van der Waals surface area contributed by atoms with Crippen molar-refractivity contribution in [3.8, 4) is 0 Å². The van der Waals surface area contributed by atoms with Crippen LogP contribution in [-0.2, 0) is 4.79 Å². The van der Waals surface area contributed by atoms with E-state index in [1.807, 2.05) is 12.1 Å². The summed E-state index contributed by atoms with van der Waals surface area (Å²) in [5, 5.41) is 12.1. The number of amides is 1. The second-order valence-electron chi connectivity index (χ2n) is 9.31. The Kier molecular flexibility index (Phi) is 6.66. The molecule has 1 saturated carbocycles. The van der Waals surface area contributed by atoms with Gasteiger partial charge in [-0.1, -0.05) is 60.7 Å². The quantitative estimate of drug-likeness (QED) is 0.541. The Hall–Kier alpha value is -3.21. The normalized spacial score (nSPS) is 16.7. The molecule has 1 N–H and O–H groups in total. The third kappa shape index (κ3) is 5.41. The van der Waals surface area contributed by atoms with Gasteiger partial charge in [0.05, 0.1) is 5.69 Å². The maximum absolute atomic E-state index is 12.9. The van der Waals surface area contributed by atoms with Gasteiger partial charge >= 0.3 is 0 Å². The van der Waals surface area contributed by atoms with E-state index in [1.54, 1.807) is 0 Å². The fraction of sp³-hybridized carbons (Fsp3) is 0.393. The molecule has 2 aromatic carbocycles. The monoisotopic (exact) mass is 440 g/mol. The molecule has 5 nitrogen and oxygen atoms in total. The number of benzene rings is 2. The van der Waals surface area contributed by atoms with Crippen LogP contribution in [0.3, 0.4) is 0 Å². The van der Waals surface area contributed by atoms with Crippen LogP contribution in [0.5, 0.6) is 0 Å². The highest BCUT2D eigenvalue weighted by molar-refractivity contribution is 5.79. The van der Waals surface area contributed by atoms with Crippen molar-refractivity contribution in [1.29, 1.82) is 0 Å². The zero-order valence-electron chi connectivity index (χ0n) is 19.1. The molecule has 0 radical (unpaired) electrons. The average molecular weight is 441 g/mol. The SMILES string of the molecule is O=C(NCCC(c1ccccc1)c1ccccc1)C1CCN(c2ccc(C3CC3)nn2)CC1. The number of piperidine rings is 1. The summed E-state index contributed by atoms with van der Waals surface area (Å²) in [5.74, 6) is 2.11. The molecule has 1 aliphatic carbocycles. The molecular formula is C28H32N4O. The van der Waals surface area contributed by atoms with E-state index < -0.39 is 0 Å². The lowest BCUT2D eigenvalue weighted by atomic mass is 9.88. The predicted octanol–water partition coefficient (Wildman–Crippen LogP) is 4.91. The minimum Gasteiger partial charge on any atom is -0.356 e. The second-order valence-corrected chi connectivity index (χ2v) is 9.31. The first kappa shape index (κ1) is 21.6. The van der Waals surface area contributed by atoms with Gasteiger partial charge < -0.3 is 10.2 Å². The van der Waals surface area contributed by atoms with Crippen LogP contribution in [0.2, 0.25) is 0 Å².